The summed E-state index contributed by atoms with van der Waals surface area (Å²) in [5.74, 6) is 0.897. The highest BCUT2D eigenvalue weighted by Crippen LogP contribution is 2.42. The SMILES string of the molecule is Cn1c(=O)c2ccccc2n2c(CNc3ccc4c(c3)OC(F)(F)O4)nnc12. The molecule has 0 saturated carbocycles. The van der Waals surface area contributed by atoms with Crippen LogP contribution >= 0.6 is 0 Å². The van der Waals surface area contributed by atoms with Gasteiger partial charge in [0.1, 0.15) is 0 Å². The Bertz CT molecular complexity index is 1300. The Labute approximate surface area is 155 Å². The fraction of sp³-hybridized carbons (Fsp3) is 0.167. The van der Waals surface area contributed by atoms with Crippen LogP contribution in [0.3, 0.4) is 0 Å². The normalized spacial score (nSPS) is 14.7. The Hall–Kier alpha value is -3.69. The van der Waals surface area contributed by atoms with Crippen LogP contribution in [0.1, 0.15) is 5.82 Å². The van der Waals surface area contributed by atoms with Gasteiger partial charge in [-0.25, -0.2) is 0 Å². The molecule has 0 bridgehead atoms. The molecular weight excluding hydrogens is 372 g/mol. The second-order valence-electron chi connectivity index (χ2n) is 6.32. The second kappa shape index (κ2) is 5.65. The number of para-hydroxylation sites is 1. The Morgan fingerprint density at radius 3 is 2.75 bits per heavy atom. The largest absolute Gasteiger partial charge is 0.586 e. The van der Waals surface area contributed by atoms with Crippen molar-refractivity contribution in [2.24, 2.45) is 7.05 Å². The Kier molecular flexibility index (Phi) is 3.33. The van der Waals surface area contributed by atoms with Crippen LogP contribution in [0.5, 0.6) is 11.5 Å². The molecule has 28 heavy (non-hydrogen) atoms. The minimum absolute atomic E-state index is 0.0236. The zero-order valence-electron chi connectivity index (χ0n) is 14.5. The molecule has 0 unspecified atom stereocenters. The number of fused-ring (bicyclic) bond motifs is 4. The lowest BCUT2D eigenvalue weighted by Crippen LogP contribution is -2.25. The van der Waals surface area contributed by atoms with Crippen molar-refractivity contribution in [3.05, 3.63) is 58.6 Å². The Morgan fingerprint density at radius 1 is 1.11 bits per heavy atom. The van der Waals surface area contributed by atoms with Crippen LogP contribution in [0.15, 0.2) is 47.3 Å². The van der Waals surface area contributed by atoms with Crippen molar-refractivity contribution in [3.63, 3.8) is 0 Å². The van der Waals surface area contributed by atoms with E-state index in [0.29, 0.717) is 28.2 Å². The van der Waals surface area contributed by atoms with Gasteiger partial charge in [-0.05, 0) is 24.3 Å². The molecule has 142 valence electrons. The highest BCUT2D eigenvalue weighted by atomic mass is 19.3. The van der Waals surface area contributed by atoms with Crippen LogP contribution in [-0.4, -0.2) is 25.5 Å². The quantitative estimate of drug-likeness (QED) is 0.584. The third-order valence-corrected chi connectivity index (χ3v) is 4.54. The second-order valence-corrected chi connectivity index (χ2v) is 6.32. The molecule has 0 aliphatic carbocycles. The third kappa shape index (κ3) is 2.45. The molecule has 5 rings (SSSR count). The number of rotatable bonds is 3. The molecule has 1 N–H and O–H groups in total. The van der Waals surface area contributed by atoms with Crippen molar-refractivity contribution in [3.8, 4) is 11.5 Å². The third-order valence-electron chi connectivity index (χ3n) is 4.54. The molecule has 1 aliphatic heterocycles. The summed E-state index contributed by atoms with van der Waals surface area (Å²) in [6, 6.07) is 11.6. The average Bonchev–Trinajstić information content (AvgIpc) is 3.23. The van der Waals surface area contributed by atoms with Crippen LogP contribution in [-0.2, 0) is 13.6 Å². The summed E-state index contributed by atoms with van der Waals surface area (Å²) in [6.07, 6.45) is -3.66. The van der Waals surface area contributed by atoms with Crippen LogP contribution in [0.25, 0.3) is 16.7 Å². The smallest absolute Gasteiger partial charge is 0.395 e. The van der Waals surface area contributed by atoms with Gasteiger partial charge < -0.3 is 14.8 Å². The monoisotopic (exact) mass is 385 g/mol. The van der Waals surface area contributed by atoms with Gasteiger partial charge in [0.2, 0.25) is 5.78 Å². The van der Waals surface area contributed by atoms with Crippen molar-refractivity contribution in [2.75, 3.05) is 5.32 Å². The number of anilines is 1. The first-order valence-electron chi connectivity index (χ1n) is 8.38. The lowest BCUT2D eigenvalue weighted by Gasteiger charge is -2.09. The Morgan fingerprint density at radius 2 is 1.89 bits per heavy atom. The van der Waals surface area contributed by atoms with E-state index in [-0.39, 0.29) is 23.6 Å². The Balaban J connectivity index is 1.51. The van der Waals surface area contributed by atoms with E-state index in [1.165, 1.54) is 16.7 Å². The molecule has 0 spiro atoms. The summed E-state index contributed by atoms with van der Waals surface area (Å²) < 4.78 is 38.4. The summed E-state index contributed by atoms with van der Waals surface area (Å²) in [6.45, 7) is 0.249. The summed E-state index contributed by atoms with van der Waals surface area (Å²) in [4.78, 5) is 12.5. The van der Waals surface area contributed by atoms with Gasteiger partial charge in [-0.1, -0.05) is 12.1 Å². The van der Waals surface area contributed by atoms with Gasteiger partial charge in [0.25, 0.3) is 5.56 Å². The van der Waals surface area contributed by atoms with Crippen molar-refractivity contribution >= 4 is 22.4 Å². The van der Waals surface area contributed by atoms with Crippen molar-refractivity contribution in [1.82, 2.24) is 19.2 Å². The molecule has 0 radical (unpaired) electrons. The van der Waals surface area contributed by atoms with Crippen LogP contribution in [0.4, 0.5) is 14.5 Å². The number of ether oxygens (including phenoxy) is 2. The van der Waals surface area contributed by atoms with E-state index in [9.17, 15) is 13.6 Å². The number of nitrogens with zero attached hydrogens (tertiary/aromatic N) is 4. The van der Waals surface area contributed by atoms with E-state index in [1.54, 1.807) is 29.6 Å². The molecule has 3 heterocycles. The maximum Gasteiger partial charge on any atom is 0.586 e. The lowest BCUT2D eigenvalue weighted by molar-refractivity contribution is -0.286. The highest BCUT2D eigenvalue weighted by Gasteiger charge is 2.43. The van der Waals surface area contributed by atoms with Gasteiger partial charge in [-0.3, -0.25) is 13.8 Å². The number of halogens is 2. The van der Waals surface area contributed by atoms with Gasteiger partial charge in [-0.2, -0.15) is 0 Å². The van der Waals surface area contributed by atoms with E-state index in [0.717, 1.165) is 0 Å². The summed E-state index contributed by atoms with van der Waals surface area (Å²) in [5.41, 5.74) is 1.07. The molecule has 4 aromatic rings. The molecule has 2 aromatic carbocycles. The van der Waals surface area contributed by atoms with Crippen molar-refractivity contribution in [1.29, 1.82) is 0 Å². The minimum Gasteiger partial charge on any atom is -0.395 e. The molecular formula is C18H13F2N5O3. The molecule has 2 aromatic heterocycles. The van der Waals surface area contributed by atoms with E-state index in [2.05, 4.69) is 25.0 Å². The lowest BCUT2D eigenvalue weighted by atomic mass is 10.2. The first kappa shape index (κ1) is 16.5. The van der Waals surface area contributed by atoms with Crippen molar-refractivity contribution < 1.29 is 18.3 Å². The predicted molar refractivity (Wildman–Crippen MR) is 95.7 cm³/mol. The molecule has 0 amide bonds. The molecule has 0 atom stereocenters. The minimum atomic E-state index is -3.66. The van der Waals surface area contributed by atoms with Gasteiger partial charge in [0.05, 0.1) is 17.4 Å². The maximum atomic E-state index is 13.2. The van der Waals surface area contributed by atoms with E-state index < -0.39 is 6.29 Å². The number of hydrogen-bond acceptors (Lipinski definition) is 6. The van der Waals surface area contributed by atoms with Crippen LogP contribution in [0.2, 0.25) is 0 Å². The topological polar surface area (TPSA) is 82.7 Å². The fourth-order valence-corrected chi connectivity index (χ4v) is 3.25. The fourth-order valence-electron chi connectivity index (χ4n) is 3.25. The number of aryl methyl sites for hydroxylation is 1. The first-order chi connectivity index (χ1) is 13.4. The molecule has 8 nitrogen and oxygen atoms in total. The number of benzene rings is 2. The van der Waals surface area contributed by atoms with E-state index >= 15 is 0 Å². The van der Waals surface area contributed by atoms with Gasteiger partial charge in [-0.15, -0.1) is 19.0 Å². The molecule has 0 fully saturated rings. The molecule has 10 heteroatoms. The summed E-state index contributed by atoms with van der Waals surface area (Å²) in [5, 5.41) is 11.9. The maximum absolute atomic E-state index is 13.2. The number of hydrogen-bond donors (Lipinski definition) is 1. The van der Waals surface area contributed by atoms with Gasteiger partial charge in [0.15, 0.2) is 17.3 Å². The number of nitrogens with one attached hydrogen (secondary N) is 1. The highest BCUT2D eigenvalue weighted by molar-refractivity contribution is 5.80. The van der Waals surface area contributed by atoms with E-state index in [1.807, 2.05) is 12.1 Å². The summed E-state index contributed by atoms with van der Waals surface area (Å²) in [7, 11) is 1.63. The van der Waals surface area contributed by atoms with Gasteiger partial charge >= 0.3 is 6.29 Å². The molecule has 0 saturated heterocycles. The zero-order chi connectivity index (χ0) is 19.5. The van der Waals surface area contributed by atoms with E-state index in [4.69, 9.17) is 0 Å². The predicted octanol–water partition coefficient (Wildman–Crippen LogP) is 2.51. The van der Waals surface area contributed by atoms with Crippen molar-refractivity contribution in [2.45, 2.75) is 12.8 Å². The standard InChI is InChI=1S/C18H13F2N5O3/c1-24-16(26)11-4-2-3-5-12(11)25-15(22-23-17(24)25)9-21-10-6-7-13-14(8-10)28-18(19,20)27-13/h2-8,21H,9H2,1H3. The van der Waals surface area contributed by atoms with Gasteiger partial charge in [0, 0.05) is 18.8 Å². The summed E-state index contributed by atoms with van der Waals surface area (Å²) >= 11 is 0. The average molecular weight is 385 g/mol. The number of aromatic nitrogens is 4. The van der Waals surface area contributed by atoms with Crippen LogP contribution < -0.4 is 20.3 Å². The zero-order valence-corrected chi connectivity index (χ0v) is 14.5. The van der Waals surface area contributed by atoms with Crippen LogP contribution in [0, 0.1) is 0 Å². The number of alkyl halides is 2. The molecule has 1 aliphatic rings. The first-order valence-corrected chi connectivity index (χ1v) is 8.38.